The Morgan fingerprint density at radius 1 is 0.459 bits per heavy atom. The molecule has 0 aliphatic carbocycles. The molecule has 0 saturated carbocycles. The SMILES string of the molecule is C1=Cc2ccccc2CN1.C1=Cc2ccccc2NC1.CC.CC.CC.CC.CC.CC.O=c1[nH]ccc2ccccc12.O=c1ccc2ccccc2[nH]1.c1ccc2cnccc2c1.c1ccc2ncccc2c1. The molecule has 4 N–H and O–H groups in total. The lowest BCUT2D eigenvalue weighted by Gasteiger charge is -2.11. The Morgan fingerprint density at radius 3 is 1.72 bits per heavy atom. The van der Waals surface area contributed by atoms with Crippen LogP contribution in [0.2, 0.25) is 0 Å². The molecule has 0 amide bonds. The fraction of sp³-hybridized carbons (Fsp3) is 0.212. The summed E-state index contributed by atoms with van der Waals surface area (Å²) in [7, 11) is 0. The van der Waals surface area contributed by atoms with Crippen LogP contribution in [0.4, 0.5) is 5.69 Å². The number of aromatic nitrogens is 4. The molecule has 74 heavy (non-hydrogen) atoms. The molecule has 12 rings (SSSR count). The fourth-order valence-corrected chi connectivity index (χ4v) is 6.61. The van der Waals surface area contributed by atoms with Gasteiger partial charge in [-0.15, -0.1) is 0 Å². The van der Waals surface area contributed by atoms with Gasteiger partial charge in [0.25, 0.3) is 5.56 Å². The number of rotatable bonds is 0. The average Bonchev–Trinajstić information content (AvgIpc) is 3.51. The van der Waals surface area contributed by atoms with Gasteiger partial charge in [0, 0.05) is 65.9 Å². The molecule has 0 fully saturated rings. The zero-order valence-corrected chi connectivity index (χ0v) is 46.1. The van der Waals surface area contributed by atoms with E-state index in [9.17, 15) is 9.59 Å². The second-order valence-corrected chi connectivity index (χ2v) is 14.0. The third-order valence-corrected chi connectivity index (χ3v) is 9.77. The number of fused-ring (bicyclic) bond motifs is 6. The van der Waals surface area contributed by atoms with Crippen LogP contribution in [0.1, 0.15) is 99.8 Å². The lowest BCUT2D eigenvalue weighted by atomic mass is 10.1. The zero-order chi connectivity index (χ0) is 54.6. The van der Waals surface area contributed by atoms with Gasteiger partial charge in [0.05, 0.1) is 5.52 Å². The first-order valence-electron chi connectivity index (χ1n) is 26.3. The van der Waals surface area contributed by atoms with Crippen molar-refractivity contribution >= 4 is 61.2 Å². The van der Waals surface area contributed by atoms with E-state index in [1.54, 1.807) is 6.20 Å². The van der Waals surface area contributed by atoms with Gasteiger partial charge in [0.15, 0.2) is 0 Å². The van der Waals surface area contributed by atoms with E-state index >= 15 is 0 Å². The number of nitrogens with zero attached hydrogens (tertiary/aromatic N) is 2. The highest BCUT2D eigenvalue weighted by Crippen LogP contribution is 2.19. The van der Waals surface area contributed by atoms with E-state index in [1.807, 2.05) is 217 Å². The summed E-state index contributed by atoms with van der Waals surface area (Å²) in [6, 6.07) is 59.4. The maximum absolute atomic E-state index is 11.1. The van der Waals surface area contributed by atoms with Crippen LogP contribution in [0.25, 0.3) is 55.5 Å². The van der Waals surface area contributed by atoms with E-state index in [0.29, 0.717) is 0 Å². The van der Waals surface area contributed by atoms with Gasteiger partial charge < -0.3 is 20.6 Å². The Morgan fingerprint density at radius 2 is 1.04 bits per heavy atom. The molecule has 0 radical (unpaired) electrons. The van der Waals surface area contributed by atoms with Gasteiger partial charge in [-0.3, -0.25) is 19.6 Å². The molecule has 0 spiro atoms. The smallest absolute Gasteiger partial charge is 0.255 e. The Hall–Kier alpha value is -8.36. The summed E-state index contributed by atoms with van der Waals surface area (Å²) < 4.78 is 0. The van der Waals surface area contributed by atoms with Crippen LogP contribution < -0.4 is 21.8 Å². The van der Waals surface area contributed by atoms with E-state index in [2.05, 4.69) is 116 Å². The Kier molecular flexibility index (Phi) is 35.5. The van der Waals surface area contributed by atoms with Gasteiger partial charge in [-0.25, -0.2) is 0 Å². The third kappa shape index (κ3) is 22.8. The number of benzene rings is 6. The predicted molar refractivity (Wildman–Crippen MR) is 327 cm³/mol. The predicted octanol–water partition coefficient (Wildman–Crippen LogP) is 17.6. The van der Waals surface area contributed by atoms with Crippen molar-refractivity contribution < 1.29 is 0 Å². The Bertz CT molecular complexity index is 2900. The van der Waals surface area contributed by atoms with E-state index in [4.69, 9.17) is 0 Å². The van der Waals surface area contributed by atoms with Gasteiger partial charge >= 0.3 is 0 Å². The van der Waals surface area contributed by atoms with E-state index in [-0.39, 0.29) is 11.1 Å². The summed E-state index contributed by atoms with van der Waals surface area (Å²) >= 11 is 0. The van der Waals surface area contributed by atoms with Gasteiger partial charge in [-0.1, -0.05) is 223 Å². The van der Waals surface area contributed by atoms with Crippen LogP contribution in [0.3, 0.4) is 0 Å². The minimum Gasteiger partial charge on any atom is -0.387 e. The quantitative estimate of drug-likeness (QED) is 0.120. The van der Waals surface area contributed by atoms with Crippen molar-refractivity contribution in [3.8, 4) is 0 Å². The van der Waals surface area contributed by atoms with Crippen molar-refractivity contribution in [1.82, 2.24) is 25.3 Å². The summed E-state index contributed by atoms with van der Waals surface area (Å²) in [6.45, 7) is 25.9. The molecular formula is C66H82N6O2. The molecule has 10 aromatic rings. The minimum absolute atomic E-state index is 0.0249. The van der Waals surface area contributed by atoms with Crippen molar-refractivity contribution in [3.63, 3.8) is 0 Å². The molecule has 4 aromatic heterocycles. The van der Waals surface area contributed by atoms with Crippen molar-refractivity contribution in [2.24, 2.45) is 0 Å². The number of aromatic amines is 2. The summed E-state index contributed by atoms with van der Waals surface area (Å²) in [5.74, 6) is 0. The first-order valence-corrected chi connectivity index (χ1v) is 26.3. The molecule has 0 bridgehead atoms. The van der Waals surface area contributed by atoms with E-state index < -0.39 is 0 Å². The number of nitrogens with one attached hydrogen (secondary N) is 4. The molecule has 0 saturated heterocycles. The molecule has 2 aliphatic rings. The number of H-pyrrole nitrogens is 2. The molecule has 388 valence electrons. The maximum Gasteiger partial charge on any atom is 0.255 e. The lowest BCUT2D eigenvalue weighted by Crippen LogP contribution is -2.09. The summed E-state index contributed by atoms with van der Waals surface area (Å²) in [5.41, 5.74) is 7.11. The average molecular weight is 991 g/mol. The number of pyridine rings is 4. The first-order chi connectivity index (χ1) is 36.6. The number of anilines is 1. The minimum atomic E-state index is -0.0521. The Balaban J connectivity index is 0.000000426. The number of para-hydroxylation sites is 3. The highest BCUT2D eigenvalue weighted by molar-refractivity contribution is 5.82. The summed E-state index contributed by atoms with van der Waals surface area (Å²) in [4.78, 5) is 35.5. The van der Waals surface area contributed by atoms with Crippen LogP contribution >= 0.6 is 0 Å². The van der Waals surface area contributed by atoms with Crippen molar-refractivity contribution in [2.45, 2.75) is 89.6 Å². The van der Waals surface area contributed by atoms with Gasteiger partial charge in [0.2, 0.25) is 5.56 Å². The molecule has 6 aromatic carbocycles. The molecule has 2 aliphatic heterocycles. The normalized spacial score (nSPS) is 10.0. The molecule has 8 nitrogen and oxygen atoms in total. The van der Waals surface area contributed by atoms with Crippen LogP contribution in [0.15, 0.2) is 229 Å². The lowest BCUT2D eigenvalue weighted by molar-refractivity contribution is 0.859. The van der Waals surface area contributed by atoms with Crippen molar-refractivity contribution in [3.05, 3.63) is 256 Å². The van der Waals surface area contributed by atoms with Crippen molar-refractivity contribution in [2.75, 3.05) is 11.9 Å². The van der Waals surface area contributed by atoms with Crippen LogP contribution in [-0.4, -0.2) is 26.5 Å². The number of hydrogen-bond donors (Lipinski definition) is 4. The molecular weight excluding hydrogens is 909 g/mol. The second kappa shape index (κ2) is 41.3. The third-order valence-electron chi connectivity index (χ3n) is 9.77. The first kappa shape index (κ1) is 63.7. The van der Waals surface area contributed by atoms with Crippen LogP contribution in [0, 0.1) is 0 Å². The monoisotopic (exact) mass is 991 g/mol. The molecule has 0 atom stereocenters. The topological polar surface area (TPSA) is 116 Å². The van der Waals surface area contributed by atoms with Crippen molar-refractivity contribution in [1.29, 1.82) is 0 Å². The summed E-state index contributed by atoms with van der Waals surface area (Å²) in [5, 5.41) is 12.9. The van der Waals surface area contributed by atoms with E-state index in [1.165, 1.54) is 44.6 Å². The number of hydrogen-bond acceptors (Lipinski definition) is 6. The fourth-order valence-electron chi connectivity index (χ4n) is 6.61. The van der Waals surface area contributed by atoms with Crippen LogP contribution in [-0.2, 0) is 6.54 Å². The maximum atomic E-state index is 11.1. The van der Waals surface area contributed by atoms with Gasteiger partial charge in [-0.2, -0.15) is 0 Å². The highest BCUT2D eigenvalue weighted by atomic mass is 16.1. The van der Waals surface area contributed by atoms with Gasteiger partial charge in [-0.05, 0) is 99.0 Å². The zero-order valence-electron chi connectivity index (χ0n) is 46.1. The van der Waals surface area contributed by atoms with E-state index in [0.717, 1.165) is 40.3 Å². The highest BCUT2D eigenvalue weighted by Gasteiger charge is 2.00. The Labute approximate surface area is 442 Å². The summed E-state index contributed by atoms with van der Waals surface area (Å²) in [6.07, 6.45) is 15.5. The molecule has 6 heterocycles. The standard InChI is InChI=1S/2C9H7NO.C9H9N.C9H7N.C9H9N.C9H7N.6C2H6/c11-9-8-4-2-1-3-7(8)5-6-10-9;11-9-6-5-7-3-1-2-4-8(7)10-9;2*1-2-6-9-8(4-1)5-3-7-10-9;2*1-2-4-9-7-10-6-5-8(9)3-1;6*1-2/h2*1-6H,(H,10,11);1-6,10H,7H2;1-7H;1-6,10H,7H2;1-7H;6*1-2H3. The largest absolute Gasteiger partial charge is 0.387 e. The van der Waals surface area contributed by atoms with Gasteiger partial charge in [0.1, 0.15) is 0 Å². The molecule has 8 heteroatoms. The van der Waals surface area contributed by atoms with Crippen LogP contribution in [0.5, 0.6) is 0 Å². The molecule has 0 unspecified atom stereocenters. The second-order valence-electron chi connectivity index (χ2n) is 14.0.